The summed E-state index contributed by atoms with van der Waals surface area (Å²) in [5.41, 5.74) is 1.34. The predicted molar refractivity (Wildman–Crippen MR) is 83.5 cm³/mol. The van der Waals surface area contributed by atoms with Crippen molar-refractivity contribution in [3.8, 4) is 5.75 Å². The van der Waals surface area contributed by atoms with Crippen molar-refractivity contribution in [3.63, 3.8) is 0 Å². The van der Waals surface area contributed by atoms with Crippen LogP contribution in [0.3, 0.4) is 0 Å². The molecular formula is C18H25NO2. The molecule has 21 heavy (non-hydrogen) atoms. The van der Waals surface area contributed by atoms with Crippen LogP contribution in [-0.4, -0.2) is 31.0 Å². The van der Waals surface area contributed by atoms with E-state index in [1.807, 2.05) is 12.1 Å². The fraction of sp³-hybridized carbons (Fsp3) is 0.611. The Kier molecular flexibility index (Phi) is 4.47. The Labute approximate surface area is 127 Å². The predicted octanol–water partition coefficient (Wildman–Crippen LogP) is 3.59. The van der Waals surface area contributed by atoms with E-state index in [1.54, 1.807) is 7.11 Å². The monoisotopic (exact) mass is 287 g/mol. The van der Waals surface area contributed by atoms with Gasteiger partial charge in [-0.15, -0.1) is 0 Å². The molecular weight excluding hydrogens is 262 g/mol. The molecule has 1 atom stereocenters. The average Bonchev–Trinajstić information content (AvgIpc) is 2.71. The van der Waals surface area contributed by atoms with E-state index < -0.39 is 0 Å². The number of nitrogens with zero attached hydrogens (tertiary/aromatic N) is 1. The van der Waals surface area contributed by atoms with Crippen LogP contribution in [0.15, 0.2) is 24.3 Å². The third-order valence-corrected chi connectivity index (χ3v) is 5.02. The number of carbonyl (C=O) groups is 1. The summed E-state index contributed by atoms with van der Waals surface area (Å²) in [7, 11) is 1.69. The summed E-state index contributed by atoms with van der Waals surface area (Å²) >= 11 is 0. The van der Waals surface area contributed by atoms with Crippen LogP contribution in [0.4, 0.5) is 0 Å². The molecule has 2 aliphatic rings. The standard InChI is InChI=1S/C18H25NO2/c1-21-17-10-8-14(9-11-17)16-5-2-3-12-19(13-16)18(20)15-6-4-7-15/h8-11,15-16H,2-7,12-13H2,1H3. The van der Waals surface area contributed by atoms with Gasteiger partial charge in [0.1, 0.15) is 5.75 Å². The van der Waals surface area contributed by atoms with Gasteiger partial charge in [0.25, 0.3) is 0 Å². The van der Waals surface area contributed by atoms with E-state index >= 15 is 0 Å². The largest absolute Gasteiger partial charge is 0.497 e. The quantitative estimate of drug-likeness (QED) is 0.850. The van der Waals surface area contributed by atoms with Gasteiger partial charge in [0.15, 0.2) is 0 Å². The maximum Gasteiger partial charge on any atom is 0.225 e. The van der Waals surface area contributed by atoms with E-state index in [0.717, 1.165) is 38.1 Å². The van der Waals surface area contributed by atoms with Crippen LogP contribution in [0.5, 0.6) is 5.75 Å². The molecule has 0 spiro atoms. The number of rotatable bonds is 3. The Hall–Kier alpha value is -1.51. The Morgan fingerprint density at radius 1 is 1.10 bits per heavy atom. The Bertz CT molecular complexity index is 478. The lowest BCUT2D eigenvalue weighted by Crippen LogP contribution is -2.40. The van der Waals surface area contributed by atoms with Crippen molar-refractivity contribution in [3.05, 3.63) is 29.8 Å². The lowest BCUT2D eigenvalue weighted by atomic mass is 9.84. The van der Waals surface area contributed by atoms with Crippen LogP contribution in [0.2, 0.25) is 0 Å². The third-order valence-electron chi connectivity index (χ3n) is 5.02. The van der Waals surface area contributed by atoms with Gasteiger partial charge in [-0.2, -0.15) is 0 Å². The molecule has 1 aromatic carbocycles. The average molecular weight is 287 g/mol. The van der Waals surface area contributed by atoms with Gasteiger partial charge in [0, 0.05) is 24.9 Å². The maximum atomic E-state index is 12.5. The van der Waals surface area contributed by atoms with Gasteiger partial charge in [-0.3, -0.25) is 4.79 Å². The first-order valence-corrected chi connectivity index (χ1v) is 8.20. The topological polar surface area (TPSA) is 29.5 Å². The number of ether oxygens (including phenoxy) is 1. The summed E-state index contributed by atoms with van der Waals surface area (Å²) in [6.45, 7) is 1.84. The van der Waals surface area contributed by atoms with E-state index in [1.165, 1.54) is 24.8 Å². The minimum Gasteiger partial charge on any atom is -0.497 e. The molecule has 3 heteroatoms. The molecule has 3 nitrogen and oxygen atoms in total. The van der Waals surface area contributed by atoms with E-state index in [2.05, 4.69) is 17.0 Å². The molecule has 3 rings (SSSR count). The first-order valence-electron chi connectivity index (χ1n) is 8.20. The minimum atomic E-state index is 0.319. The van der Waals surface area contributed by atoms with Gasteiger partial charge in [0.05, 0.1) is 7.11 Å². The number of methoxy groups -OCH3 is 1. The molecule has 1 saturated heterocycles. The zero-order valence-electron chi connectivity index (χ0n) is 12.9. The molecule has 1 aromatic rings. The first-order chi connectivity index (χ1) is 10.3. The van der Waals surface area contributed by atoms with Crippen molar-refractivity contribution >= 4 is 5.91 Å². The molecule has 0 radical (unpaired) electrons. The lowest BCUT2D eigenvalue weighted by Gasteiger charge is -2.32. The van der Waals surface area contributed by atoms with Crippen LogP contribution >= 0.6 is 0 Å². The van der Waals surface area contributed by atoms with Crippen LogP contribution in [0.25, 0.3) is 0 Å². The molecule has 1 saturated carbocycles. The zero-order chi connectivity index (χ0) is 14.7. The lowest BCUT2D eigenvalue weighted by molar-refractivity contribution is -0.138. The van der Waals surface area contributed by atoms with E-state index in [9.17, 15) is 4.79 Å². The molecule has 1 unspecified atom stereocenters. The second-order valence-corrected chi connectivity index (χ2v) is 6.38. The van der Waals surface area contributed by atoms with Crippen LogP contribution in [-0.2, 0) is 4.79 Å². The van der Waals surface area contributed by atoms with Crippen LogP contribution in [0.1, 0.15) is 50.0 Å². The van der Waals surface area contributed by atoms with Gasteiger partial charge in [-0.05, 0) is 43.4 Å². The molecule has 1 heterocycles. The summed E-state index contributed by atoms with van der Waals surface area (Å²) in [5, 5.41) is 0. The molecule has 0 bridgehead atoms. The fourth-order valence-corrected chi connectivity index (χ4v) is 3.40. The van der Waals surface area contributed by atoms with Crippen molar-refractivity contribution in [2.75, 3.05) is 20.2 Å². The molecule has 2 fully saturated rings. The van der Waals surface area contributed by atoms with Gasteiger partial charge < -0.3 is 9.64 Å². The normalized spacial score (nSPS) is 23.3. The maximum absolute atomic E-state index is 12.5. The number of hydrogen-bond donors (Lipinski definition) is 0. The molecule has 0 N–H and O–H groups in total. The Morgan fingerprint density at radius 2 is 1.86 bits per heavy atom. The molecule has 114 valence electrons. The van der Waals surface area contributed by atoms with E-state index in [0.29, 0.717) is 17.7 Å². The molecule has 0 aromatic heterocycles. The molecule has 1 aliphatic heterocycles. The summed E-state index contributed by atoms with van der Waals surface area (Å²) < 4.78 is 5.23. The molecule has 1 amide bonds. The molecule has 1 aliphatic carbocycles. The highest BCUT2D eigenvalue weighted by atomic mass is 16.5. The highest BCUT2D eigenvalue weighted by Gasteiger charge is 2.31. The van der Waals surface area contributed by atoms with Crippen molar-refractivity contribution in [2.24, 2.45) is 5.92 Å². The van der Waals surface area contributed by atoms with Crippen molar-refractivity contribution in [2.45, 2.75) is 44.4 Å². The van der Waals surface area contributed by atoms with Gasteiger partial charge >= 0.3 is 0 Å². The summed E-state index contributed by atoms with van der Waals surface area (Å²) in [5.74, 6) is 2.10. The smallest absolute Gasteiger partial charge is 0.225 e. The number of hydrogen-bond acceptors (Lipinski definition) is 2. The minimum absolute atomic E-state index is 0.319. The number of likely N-dealkylation sites (tertiary alicyclic amines) is 1. The second-order valence-electron chi connectivity index (χ2n) is 6.38. The third kappa shape index (κ3) is 3.22. The highest BCUT2D eigenvalue weighted by molar-refractivity contribution is 5.79. The fourth-order valence-electron chi connectivity index (χ4n) is 3.40. The van der Waals surface area contributed by atoms with Crippen LogP contribution in [0, 0.1) is 5.92 Å². The number of benzene rings is 1. The Balaban J connectivity index is 1.70. The first kappa shape index (κ1) is 14.4. The van der Waals surface area contributed by atoms with Crippen molar-refractivity contribution in [1.82, 2.24) is 4.90 Å². The number of carbonyl (C=O) groups excluding carboxylic acids is 1. The highest BCUT2D eigenvalue weighted by Crippen LogP contribution is 2.32. The summed E-state index contributed by atoms with van der Waals surface area (Å²) in [4.78, 5) is 14.6. The van der Waals surface area contributed by atoms with Gasteiger partial charge in [-0.25, -0.2) is 0 Å². The van der Waals surface area contributed by atoms with Gasteiger partial charge in [0.2, 0.25) is 5.91 Å². The Morgan fingerprint density at radius 3 is 2.48 bits per heavy atom. The summed E-state index contributed by atoms with van der Waals surface area (Å²) in [6, 6.07) is 8.36. The zero-order valence-corrected chi connectivity index (χ0v) is 12.9. The van der Waals surface area contributed by atoms with Crippen LogP contribution < -0.4 is 4.74 Å². The van der Waals surface area contributed by atoms with E-state index in [4.69, 9.17) is 4.74 Å². The van der Waals surface area contributed by atoms with Crippen molar-refractivity contribution in [1.29, 1.82) is 0 Å². The SMILES string of the molecule is COc1ccc(C2CCCCN(C(=O)C3CCC3)C2)cc1. The van der Waals surface area contributed by atoms with Crippen molar-refractivity contribution < 1.29 is 9.53 Å². The van der Waals surface area contributed by atoms with E-state index in [-0.39, 0.29) is 0 Å². The second kappa shape index (κ2) is 6.50. The van der Waals surface area contributed by atoms with Gasteiger partial charge in [-0.1, -0.05) is 25.0 Å². The number of amides is 1. The summed E-state index contributed by atoms with van der Waals surface area (Å²) in [6.07, 6.45) is 6.97.